The molecule has 0 aliphatic heterocycles. The molecule has 0 amide bonds. The molecule has 0 aliphatic carbocycles. The topological polar surface area (TPSA) is 116 Å². The highest BCUT2D eigenvalue weighted by atomic mass is 19.4. The van der Waals surface area contributed by atoms with Crippen molar-refractivity contribution < 1.29 is 32.4 Å². The minimum Gasteiger partial charge on any atom is -0.493 e. The number of pyridine rings is 1. The molecule has 9 nitrogen and oxygen atoms in total. The van der Waals surface area contributed by atoms with Crippen LogP contribution in [0.5, 0.6) is 11.5 Å². The van der Waals surface area contributed by atoms with Gasteiger partial charge in [-0.3, -0.25) is 20.5 Å². The lowest BCUT2D eigenvalue weighted by molar-refractivity contribution is -0.384. The highest BCUT2D eigenvalue weighted by molar-refractivity contribution is 5.91. The van der Waals surface area contributed by atoms with E-state index in [0.717, 1.165) is 6.07 Å². The van der Waals surface area contributed by atoms with Gasteiger partial charge in [0.25, 0.3) is 5.69 Å². The van der Waals surface area contributed by atoms with Crippen LogP contribution in [0.1, 0.15) is 21.5 Å². The minimum atomic E-state index is -4.72. The van der Waals surface area contributed by atoms with Gasteiger partial charge in [0, 0.05) is 18.5 Å². The van der Waals surface area contributed by atoms with Gasteiger partial charge in [0.2, 0.25) is 0 Å². The van der Waals surface area contributed by atoms with Gasteiger partial charge in [-0.05, 0) is 48.0 Å². The van der Waals surface area contributed by atoms with Gasteiger partial charge in [-0.25, -0.2) is 4.79 Å². The SMILES string of the molecule is COc1cc(C=NNc2ccc(C(F)(F)F)cc2[N+](=O)[O-])ccc1OC(=O)c1cccnc1. The van der Waals surface area contributed by atoms with Crippen LogP contribution < -0.4 is 14.9 Å². The Bertz CT molecular complexity index is 1200. The number of hydrogen-bond acceptors (Lipinski definition) is 8. The van der Waals surface area contributed by atoms with Crippen LogP contribution in [0.15, 0.2) is 66.0 Å². The van der Waals surface area contributed by atoms with Gasteiger partial charge in [0.1, 0.15) is 5.69 Å². The summed E-state index contributed by atoms with van der Waals surface area (Å²) >= 11 is 0. The summed E-state index contributed by atoms with van der Waals surface area (Å²) in [5, 5.41) is 15.0. The Morgan fingerprint density at radius 1 is 1.18 bits per heavy atom. The van der Waals surface area contributed by atoms with Gasteiger partial charge in [0.15, 0.2) is 11.5 Å². The number of carbonyl (C=O) groups excluding carboxylic acids is 1. The molecule has 0 spiro atoms. The van der Waals surface area contributed by atoms with Gasteiger partial charge in [-0.15, -0.1) is 0 Å². The average molecular weight is 460 g/mol. The first-order valence-corrected chi connectivity index (χ1v) is 9.14. The van der Waals surface area contributed by atoms with Gasteiger partial charge in [-0.2, -0.15) is 18.3 Å². The van der Waals surface area contributed by atoms with Gasteiger partial charge in [-0.1, -0.05) is 0 Å². The van der Waals surface area contributed by atoms with E-state index in [2.05, 4.69) is 15.5 Å². The Morgan fingerprint density at radius 3 is 2.61 bits per heavy atom. The van der Waals surface area contributed by atoms with E-state index in [-0.39, 0.29) is 22.7 Å². The molecule has 3 aromatic rings. The molecule has 1 aromatic heterocycles. The molecule has 12 heteroatoms. The molecule has 1 heterocycles. The Morgan fingerprint density at radius 2 is 1.97 bits per heavy atom. The molecule has 1 N–H and O–H groups in total. The number of esters is 1. The number of aromatic nitrogens is 1. The van der Waals surface area contributed by atoms with Crippen LogP contribution in [0.25, 0.3) is 0 Å². The zero-order chi connectivity index (χ0) is 24.0. The maximum atomic E-state index is 12.8. The zero-order valence-corrected chi connectivity index (χ0v) is 16.9. The van der Waals surface area contributed by atoms with Crippen molar-refractivity contribution >= 4 is 23.6 Å². The monoisotopic (exact) mass is 460 g/mol. The van der Waals surface area contributed by atoms with E-state index in [1.807, 2.05) is 0 Å². The zero-order valence-electron chi connectivity index (χ0n) is 16.9. The Labute approximate surface area is 184 Å². The van der Waals surface area contributed by atoms with Crippen molar-refractivity contribution in [2.24, 2.45) is 5.10 Å². The number of nitro groups is 1. The molecule has 3 rings (SSSR count). The normalized spacial score (nSPS) is 11.3. The van der Waals surface area contributed by atoms with Crippen LogP contribution >= 0.6 is 0 Å². The minimum absolute atomic E-state index is 0.134. The fourth-order valence-corrected chi connectivity index (χ4v) is 2.62. The van der Waals surface area contributed by atoms with E-state index in [4.69, 9.17) is 9.47 Å². The van der Waals surface area contributed by atoms with E-state index in [0.29, 0.717) is 17.7 Å². The predicted octanol–water partition coefficient (Wildman–Crippen LogP) is 4.68. The molecule has 0 aliphatic rings. The molecule has 0 radical (unpaired) electrons. The molecule has 170 valence electrons. The van der Waals surface area contributed by atoms with Crippen molar-refractivity contribution in [3.8, 4) is 11.5 Å². The van der Waals surface area contributed by atoms with E-state index in [9.17, 15) is 28.1 Å². The van der Waals surface area contributed by atoms with Crippen molar-refractivity contribution in [1.82, 2.24) is 4.98 Å². The third kappa shape index (κ3) is 5.81. The fraction of sp³-hybridized carbons (Fsp3) is 0.0952. The molecular weight excluding hydrogens is 445 g/mol. The molecule has 0 bridgehead atoms. The van der Waals surface area contributed by atoms with Crippen LogP contribution in [0, 0.1) is 10.1 Å². The molecule has 0 atom stereocenters. The van der Waals surface area contributed by atoms with Crippen molar-refractivity contribution in [3.63, 3.8) is 0 Å². The summed E-state index contributed by atoms with van der Waals surface area (Å²) in [4.78, 5) is 26.2. The number of hydrazone groups is 1. The predicted molar refractivity (Wildman–Crippen MR) is 112 cm³/mol. The summed E-state index contributed by atoms with van der Waals surface area (Å²) in [6, 6.07) is 9.63. The molecule has 33 heavy (non-hydrogen) atoms. The lowest BCUT2D eigenvalue weighted by Gasteiger charge is -2.10. The number of anilines is 1. The quantitative estimate of drug-likeness (QED) is 0.179. The third-order valence-electron chi connectivity index (χ3n) is 4.21. The van der Waals surface area contributed by atoms with Gasteiger partial charge < -0.3 is 9.47 Å². The summed E-state index contributed by atoms with van der Waals surface area (Å²) in [7, 11) is 1.36. The number of ether oxygens (including phenoxy) is 2. The summed E-state index contributed by atoms with van der Waals surface area (Å²) in [6.07, 6.45) is -0.595. The van der Waals surface area contributed by atoms with Crippen LogP contribution in [-0.4, -0.2) is 29.2 Å². The maximum Gasteiger partial charge on any atom is 0.416 e. The molecule has 0 fully saturated rings. The number of benzene rings is 2. The molecular formula is C21H15F3N4O5. The van der Waals surface area contributed by atoms with E-state index in [1.54, 1.807) is 6.07 Å². The highest BCUT2D eigenvalue weighted by Gasteiger charge is 2.33. The van der Waals surface area contributed by atoms with Crippen molar-refractivity contribution in [2.75, 3.05) is 12.5 Å². The number of alkyl halides is 3. The summed E-state index contributed by atoms with van der Waals surface area (Å²) in [6.45, 7) is 0. The Kier molecular flexibility index (Phi) is 6.86. The first-order valence-electron chi connectivity index (χ1n) is 9.14. The van der Waals surface area contributed by atoms with E-state index >= 15 is 0 Å². The van der Waals surface area contributed by atoms with Crippen LogP contribution in [-0.2, 0) is 6.18 Å². The van der Waals surface area contributed by atoms with E-state index < -0.39 is 28.3 Å². The summed E-state index contributed by atoms with van der Waals surface area (Å²) in [5.74, 6) is -0.300. The molecule has 2 aromatic carbocycles. The van der Waals surface area contributed by atoms with Gasteiger partial charge in [0.05, 0.1) is 29.4 Å². The Hall–Kier alpha value is -4.48. The van der Waals surface area contributed by atoms with Crippen molar-refractivity contribution in [1.29, 1.82) is 0 Å². The second-order valence-electron chi connectivity index (χ2n) is 6.40. The number of nitrogens with zero attached hydrogens (tertiary/aromatic N) is 3. The van der Waals surface area contributed by atoms with Crippen molar-refractivity contribution in [2.45, 2.75) is 6.18 Å². The molecule has 0 unspecified atom stereocenters. The third-order valence-corrected chi connectivity index (χ3v) is 4.21. The second kappa shape index (κ2) is 9.77. The number of carbonyl (C=O) groups is 1. The second-order valence-corrected chi connectivity index (χ2v) is 6.40. The standard InChI is InChI=1S/C21H15F3N4O5/c1-32-19-9-13(4-7-18(19)33-20(29)14-3-2-8-25-12-14)11-26-27-16-6-5-15(21(22,23)24)10-17(16)28(30)31/h2-12,27H,1H3. The smallest absolute Gasteiger partial charge is 0.416 e. The number of halogens is 3. The Balaban J connectivity index is 1.75. The molecule has 0 saturated carbocycles. The van der Waals surface area contributed by atoms with Gasteiger partial charge >= 0.3 is 12.1 Å². The lowest BCUT2D eigenvalue weighted by atomic mass is 10.1. The summed E-state index contributed by atoms with van der Waals surface area (Å²) < 4.78 is 48.9. The number of nitro benzene ring substituents is 1. The maximum absolute atomic E-state index is 12.8. The van der Waals surface area contributed by atoms with E-state index in [1.165, 1.54) is 50.0 Å². The van der Waals surface area contributed by atoms with Crippen molar-refractivity contribution in [3.05, 3.63) is 87.7 Å². The number of nitrogens with one attached hydrogen (secondary N) is 1. The number of hydrogen-bond donors (Lipinski definition) is 1. The van der Waals surface area contributed by atoms with Crippen LogP contribution in [0.4, 0.5) is 24.5 Å². The molecule has 0 saturated heterocycles. The lowest BCUT2D eigenvalue weighted by Crippen LogP contribution is -2.09. The summed E-state index contributed by atoms with van der Waals surface area (Å²) in [5.41, 5.74) is 0.899. The number of methoxy groups -OCH3 is 1. The van der Waals surface area contributed by atoms with Crippen LogP contribution in [0.3, 0.4) is 0 Å². The average Bonchev–Trinajstić information content (AvgIpc) is 2.79. The number of rotatable bonds is 7. The van der Waals surface area contributed by atoms with Crippen LogP contribution in [0.2, 0.25) is 0 Å². The largest absolute Gasteiger partial charge is 0.493 e. The first kappa shape index (κ1) is 23.2. The highest BCUT2D eigenvalue weighted by Crippen LogP contribution is 2.35. The first-order chi connectivity index (χ1) is 15.7. The fourth-order valence-electron chi connectivity index (χ4n) is 2.62.